The molecule has 2 aliphatic carbocycles. The van der Waals surface area contributed by atoms with Gasteiger partial charge in [0.1, 0.15) is 0 Å². The molecule has 1 aromatic heterocycles. The summed E-state index contributed by atoms with van der Waals surface area (Å²) in [5, 5.41) is 5.24. The van der Waals surface area contributed by atoms with E-state index in [4.69, 9.17) is 0 Å². The molecule has 0 aliphatic heterocycles. The zero-order valence-electron chi connectivity index (χ0n) is 39.9. The van der Waals surface area contributed by atoms with Gasteiger partial charge in [-0.15, -0.1) is 11.3 Å². The molecule has 0 saturated heterocycles. The smallest absolute Gasteiger partial charge is 0.0462 e. The van der Waals surface area contributed by atoms with Crippen molar-refractivity contribution < 1.29 is 0 Å². The second kappa shape index (κ2) is 15.9. The summed E-state index contributed by atoms with van der Waals surface area (Å²) in [7, 11) is 0. The molecule has 11 aromatic carbocycles. The van der Waals surface area contributed by atoms with E-state index in [9.17, 15) is 0 Å². The highest BCUT2D eigenvalue weighted by molar-refractivity contribution is 7.27. The van der Waals surface area contributed by atoms with Crippen LogP contribution >= 0.6 is 11.3 Å². The van der Waals surface area contributed by atoms with Crippen molar-refractivity contribution in [3.8, 4) is 55.6 Å². The Balaban J connectivity index is 0.861. The molecule has 2 heteroatoms. The number of thiophene rings is 1. The third-order valence-corrected chi connectivity index (χ3v) is 17.3. The van der Waals surface area contributed by atoms with E-state index in [2.05, 4.69) is 268 Å². The largest absolute Gasteiger partial charge is 0.311 e. The van der Waals surface area contributed by atoms with Crippen LogP contribution in [0.4, 0.5) is 17.1 Å². The van der Waals surface area contributed by atoms with Crippen molar-refractivity contribution in [2.75, 3.05) is 4.90 Å². The number of fused-ring (bicyclic) bond motifs is 11. The second-order valence-electron chi connectivity index (χ2n) is 20.1. The van der Waals surface area contributed by atoms with Crippen LogP contribution < -0.4 is 4.90 Å². The molecule has 0 bridgehead atoms. The van der Waals surface area contributed by atoms with Gasteiger partial charge in [0.15, 0.2) is 0 Å². The average molecular weight is 924 g/mol. The highest BCUT2D eigenvalue weighted by atomic mass is 32.1. The molecule has 12 aromatic rings. The minimum Gasteiger partial charge on any atom is -0.311 e. The fraction of sp³-hybridized carbons (Fsp3) is 0.0725. The van der Waals surface area contributed by atoms with Crippen molar-refractivity contribution in [1.82, 2.24) is 0 Å². The molecular formula is C69H49NS. The summed E-state index contributed by atoms with van der Waals surface area (Å²) in [5.74, 6) is 0. The van der Waals surface area contributed by atoms with Crippen molar-refractivity contribution in [1.29, 1.82) is 0 Å². The summed E-state index contributed by atoms with van der Waals surface area (Å²) in [4.78, 5) is 2.41. The first kappa shape index (κ1) is 41.7. The molecule has 14 rings (SSSR count). The normalized spacial score (nSPS) is 15.1. The molecule has 0 fully saturated rings. The maximum atomic E-state index is 2.44. The van der Waals surface area contributed by atoms with Gasteiger partial charge in [-0.25, -0.2) is 0 Å². The first-order chi connectivity index (χ1) is 34.8. The van der Waals surface area contributed by atoms with Gasteiger partial charge in [0, 0.05) is 48.1 Å². The molecule has 1 atom stereocenters. The van der Waals surface area contributed by atoms with Gasteiger partial charge in [0.05, 0.1) is 0 Å². The Hall–Kier alpha value is -8.30. The van der Waals surface area contributed by atoms with Gasteiger partial charge in [0.25, 0.3) is 0 Å². The van der Waals surface area contributed by atoms with Gasteiger partial charge in [-0.2, -0.15) is 0 Å². The lowest BCUT2D eigenvalue weighted by atomic mass is 9.74. The van der Waals surface area contributed by atoms with Gasteiger partial charge in [-0.3, -0.25) is 0 Å². The molecule has 0 N–H and O–H groups in total. The van der Waals surface area contributed by atoms with Gasteiger partial charge in [-0.05, 0) is 144 Å². The molecular weight excluding hydrogens is 875 g/mol. The molecule has 0 saturated carbocycles. The fourth-order valence-electron chi connectivity index (χ4n) is 12.4. The Morgan fingerprint density at radius 3 is 1.56 bits per heavy atom. The van der Waals surface area contributed by atoms with Crippen molar-refractivity contribution in [3.63, 3.8) is 0 Å². The van der Waals surface area contributed by atoms with Crippen molar-refractivity contribution in [2.45, 2.75) is 31.6 Å². The van der Waals surface area contributed by atoms with Crippen LogP contribution in [0, 0.1) is 0 Å². The highest BCUT2D eigenvalue weighted by Crippen LogP contribution is 2.55. The molecule has 0 radical (unpaired) electrons. The predicted molar refractivity (Wildman–Crippen MR) is 303 cm³/mol. The van der Waals surface area contributed by atoms with E-state index in [1.807, 2.05) is 11.3 Å². The Bertz CT molecular complexity index is 4070. The third kappa shape index (κ3) is 6.31. The Kier molecular flexibility index (Phi) is 9.31. The van der Waals surface area contributed by atoms with Crippen LogP contribution in [0.25, 0.3) is 86.6 Å². The van der Waals surface area contributed by atoms with E-state index in [0.717, 1.165) is 17.1 Å². The molecule has 71 heavy (non-hydrogen) atoms. The maximum Gasteiger partial charge on any atom is 0.0462 e. The van der Waals surface area contributed by atoms with Crippen LogP contribution in [0.15, 0.2) is 243 Å². The molecule has 1 heterocycles. The Morgan fingerprint density at radius 1 is 0.324 bits per heavy atom. The van der Waals surface area contributed by atoms with Gasteiger partial charge < -0.3 is 4.90 Å². The number of hydrogen-bond acceptors (Lipinski definition) is 2. The van der Waals surface area contributed by atoms with Gasteiger partial charge in [-0.1, -0.05) is 214 Å². The van der Waals surface area contributed by atoms with E-state index < -0.39 is 0 Å². The number of nitrogens with zero attached hydrogens (tertiary/aromatic N) is 1. The van der Waals surface area contributed by atoms with Crippen LogP contribution in [0.3, 0.4) is 0 Å². The van der Waals surface area contributed by atoms with E-state index in [0.29, 0.717) is 0 Å². The van der Waals surface area contributed by atoms with Crippen molar-refractivity contribution >= 4 is 59.3 Å². The van der Waals surface area contributed by atoms with E-state index in [1.54, 1.807) is 0 Å². The van der Waals surface area contributed by atoms with Crippen molar-refractivity contribution in [2.24, 2.45) is 0 Å². The molecule has 1 nitrogen and oxygen atoms in total. The van der Waals surface area contributed by atoms with Crippen LogP contribution in [0.5, 0.6) is 0 Å². The fourth-order valence-corrected chi connectivity index (χ4v) is 13.8. The van der Waals surface area contributed by atoms with E-state index in [-0.39, 0.29) is 10.8 Å². The molecule has 0 amide bonds. The average Bonchev–Trinajstić information content (AvgIpc) is 4.04. The van der Waals surface area contributed by atoms with Gasteiger partial charge in [0.2, 0.25) is 0 Å². The summed E-state index contributed by atoms with van der Waals surface area (Å²) in [6.45, 7) is 7.14. The second-order valence-corrected chi connectivity index (χ2v) is 21.1. The lowest BCUT2D eigenvalue weighted by molar-refractivity contribution is 0.662. The van der Waals surface area contributed by atoms with E-state index >= 15 is 0 Å². The van der Waals surface area contributed by atoms with Crippen LogP contribution in [-0.4, -0.2) is 0 Å². The minimum atomic E-state index is -0.255. The van der Waals surface area contributed by atoms with Crippen LogP contribution in [-0.2, 0) is 10.8 Å². The minimum absolute atomic E-state index is 0.104. The number of rotatable bonds is 7. The van der Waals surface area contributed by atoms with Crippen LogP contribution in [0.2, 0.25) is 0 Å². The molecule has 2 aliphatic rings. The summed E-state index contributed by atoms with van der Waals surface area (Å²) < 4.78 is 2.68. The lowest BCUT2D eigenvalue weighted by Crippen LogP contribution is -2.22. The third-order valence-electron chi connectivity index (χ3n) is 16.0. The highest BCUT2D eigenvalue weighted by Gasteiger charge is 2.41. The molecule has 0 spiro atoms. The SMILES string of the molecule is CC1(C)c2ccccc2-c2cccc(-c3ccc(N(c4ccc(-c5ccc6c(c5)C(C)(c5ccccc5)c5ccccc5-6)cc4)c4ccc(-c5cccc6c5sc5c7ccccc7ccc65)cc4)cc3)c21. The standard InChI is InChI=1S/C69H49NS/c1-68(2)62-25-11-9-20-57(62)59-23-13-21-53(65(59)68)46-29-37-51(38-30-46)70(52-39-31-47(32-40-52)55-22-14-24-60-61-42-33-45-15-7-8-18-54(45)67(61)71-66(55)60)50-35-27-44(28-36-50)48-34-41-58-56-19-10-12-26-63(56)69(3,64(58)43-48)49-16-5-4-6-17-49/h4-43H,1-3H3. The number of benzene rings is 11. The molecule has 1 unspecified atom stereocenters. The zero-order valence-corrected chi connectivity index (χ0v) is 40.8. The maximum absolute atomic E-state index is 2.44. The topological polar surface area (TPSA) is 3.24 Å². The van der Waals surface area contributed by atoms with Crippen molar-refractivity contribution in [3.05, 3.63) is 270 Å². The van der Waals surface area contributed by atoms with Crippen LogP contribution in [0.1, 0.15) is 48.6 Å². The summed E-state index contributed by atoms with van der Waals surface area (Å²) in [6.07, 6.45) is 0. The molecule has 336 valence electrons. The summed E-state index contributed by atoms with van der Waals surface area (Å²) >= 11 is 1.91. The Morgan fingerprint density at radius 2 is 0.831 bits per heavy atom. The van der Waals surface area contributed by atoms with Gasteiger partial charge >= 0.3 is 0 Å². The number of hydrogen-bond donors (Lipinski definition) is 0. The predicted octanol–water partition coefficient (Wildman–Crippen LogP) is 19.3. The lowest BCUT2D eigenvalue weighted by Gasteiger charge is -2.28. The zero-order chi connectivity index (χ0) is 47.4. The summed E-state index contributed by atoms with van der Waals surface area (Å²) in [5.41, 5.74) is 22.5. The monoisotopic (exact) mass is 923 g/mol. The number of anilines is 3. The van der Waals surface area contributed by atoms with E-state index in [1.165, 1.54) is 114 Å². The summed E-state index contributed by atoms with van der Waals surface area (Å²) in [6, 6.07) is 90.5. The Labute approximate surface area is 419 Å². The quantitative estimate of drug-likeness (QED) is 0.154. The first-order valence-corrected chi connectivity index (χ1v) is 25.6. The first-order valence-electron chi connectivity index (χ1n) is 24.8.